The Hall–Kier alpha value is -1.78. The fourth-order valence-corrected chi connectivity index (χ4v) is 1.30. The molecule has 1 aromatic rings. The van der Waals surface area contributed by atoms with Gasteiger partial charge in [-0.2, -0.15) is 0 Å². The number of amides is 1. The number of aryl methyl sites for hydroxylation is 1. The van der Waals surface area contributed by atoms with Crippen LogP contribution in [0.4, 0.5) is 4.79 Å². The first-order valence-corrected chi connectivity index (χ1v) is 5.99. The summed E-state index contributed by atoms with van der Waals surface area (Å²) >= 11 is 0. The van der Waals surface area contributed by atoms with Crippen LogP contribution in [0.1, 0.15) is 33.0 Å². The van der Waals surface area contributed by atoms with E-state index in [1.165, 1.54) is 0 Å². The molecule has 18 heavy (non-hydrogen) atoms. The van der Waals surface area contributed by atoms with Gasteiger partial charge in [-0.05, 0) is 33.3 Å². The lowest BCUT2D eigenvalue weighted by atomic mass is 10.2. The number of aromatic nitrogens is 2. The number of alkyl carbamates (subject to hydrolysis) is 1. The molecule has 0 saturated heterocycles. The molecular formula is C13H21N3O2. The predicted molar refractivity (Wildman–Crippen MR) is 71.1 cm³/mol. The Morgan fingerprint density at radius 3 is 2.83 bits per heavy atom. The molecule has 0 saturated carbocycles. The molecule has 0 aliphatic rings. The smallest absolute Gasteiger partial charge is 0.407 e. The third kappa shape index (κ3) is 5.52. The van der Waals surface area contributed by atoms with Gasteiger partial charge in [-0.3, -0.25) is 0 Å². The molecule has 1 aromatic heterocycles. The van der Waals surface area contributed by atoms with Crippen molar-refractivity contribution in [3.63, 3.8) is 0 Å². The second kappa shape index (κ2) is 6.23. The Labute approximate surface area is 108 Å². The first-order chi connectivity index (χ1) is 8.38. The zero-order valence-corrected chi connectivity index (χ0v) is 11.4. The number of imidazole rings is 1. The Bertz CT molecular complexity index is 416. The maximum atomic E-state index is 11.3. The van der Waals surface area contributed by atoms with Crippen LogP contribution in [0.25, 0.3) is 6.08 Å². The Kier molecular flexibility index (Phi) is 4.95. The van der Waals surface area contributed by atoms with E-state index in [1.807, 2.05) is 50.7 Å². The van der Waals surface area contributed by atoms with Crippen molar-refractivity contribution in [3.05, 3.63) is 24.3 Å². The Morgan fingerprint density at radius 1 is 1.56 bits per heavy atom. The maximum Gasteiger partial charge on any atom is 0.407 e. The van der Waals surface area contributed by atoms with Gasteiger partial charge >= 0.3 is 6.09 Å². The molecule has 0 aromatic carbocycles. The molecule has 0 unspecified atom stereocenters. The summed E-state index contributed by atoms with van der Waals surface area (Å²) in [4.78, 5) is 15.5. The highest BCUT2D eigenvalue weighted by Crippen LogP contribution is 2.06. The van der Waals surface area contributed by atoms with E-state index in [4.69, 9.17) is 4.74 Å². The number of hydrogen-bond donors (Lipinski definition) is 1. The molecule has 5 nitrogen and oxygen atoms in total. The number of ether oxygens (including phenoxy) is 1. The summed E-state index contributed by atoms with van der Waals surface area (Å²) in [6.07, 6.45) is 7.90. The molecule has 100 valence electrons. The number of carbonyl (C=O) groups is 1. The molecule has 1 amide bonds. The van der Waals surface area contributed by atoms with Crippen LogP contribution < -0.4 is 5.32 Å². The standard InChI is InChI=1S/C13H21N3O2/c1-13(2,3)18-12(17)15-8-6-5-7-11-14-9-10-16(11)4/h5,7,9-10H,6,8H2,1-4H3,(H,15,17). The molecule has 5 heteroatoms. The molecular weight excluding hydrogens is 230 g/mol. The van der Waals surface area contributed by atoms with Crippen molar-refractivity contribution in [1.29, 1.82) is 0 Å². The van der Waals surface area contributed by atoms with E-state index in [0.29, 0.717) is 6.54 Å². The van der Waals surface area contributed by atoms with Crippen molar-refractivity contribution in [2.24, 2.45) is 7.05 Å². The summed E-state index contributed by atoms with van der Waals surface area (Å²) in [5, 5.41) is 2.69. The van der Waals surface area contributed by atoms with Gasteiger partial charge in [0.05, 0.1) is 0 Å². The minimum Gasteiger partial charge on any atom is -0.444 e. The topological polar surface area (TPSA) is 56.2 Å². The fraction of sp³-hybridized carbons (Fsp3) is 0.538. The van der Waals surface area contributed by atoms with Gasteiger partial charge in [0.25, 0.3) is 0 Å². The van der Waals surface area contributed by atoms with E-state index in [0.717, 1.165) is 12.2 Å². The minimum atomic E-state index is -0.452. The highest BCUT2D eigenvalue weighted by molar-refractivity contribution is 5.67. The van der Waals surface area contributed by atoms with E-state index in [9.17, 15) is 4.79 Å². The van der Waals surface area contributed by atoms with Crippen molar-refractivity contribution in [3.8, 4) is 0 Å². The average molecular weight is 251 g/mol. The van der Waals surface area contributed by atoms with Crippen LogP contribution in [0.2, 0.25) is 0 Å². The van der Waals surface area contributed by atoms with Gasteiger partial charge in [-0.1, -0.05) is 6.08 Å². The van der Waals surface area contributed by atoms with Crippen molar-refractivity contribution >= 4 is 12.2 Å². The van der Waals surface area contributed by atoms with Crippen LogP contribution in [0.5, 0.6) is 0 Å². The molecule has 0 radical (unpaired) electrons. The SMILES string of the molecule is Cn1ccnc1C=CCCNC(=O)OC(C)(C)C. The van der Waals surface area contributed by atoms with E-state index in [1.54, 1.807) is 6.20 Å². The largest absolute Gasteiger partial charge is 0.444 e. The van der Waals surface area contributed by atoms with Crippen LogP contribution in [0.3, 0.4) is 0 Å². The number of nitrogens with zero attached hydrogens (tertiary/aromatic N) is 2. The van der Waals surface area contributed by atoms with E-state index in [2.05, 4.69) is 10.3 Å². The van der Waals surface area contributed by atoms with Crippen LogP contribution >= 0.6 is 0 Å². The maximum absolute atomic E-state index is 11.3. The third-order valence-corrected chi connectivity index (χ3v) is 2.10. The molecule has 0 bridgehead atoms. The van der Waals surface area contributed by atoms with Crippen molar-refractivity contribution < 1.29 is 9.53 Å². The van der Waals surface area contributed by atoms with Gasteiger partial charge in [0.2, 0.25) is 0 Å². The lowest BCUT2D eigenvalue weighted by Gasteiger charge is -2.19. The Balaban J connectivity index is 2.21. The summed E-state index contributed by atoms with van der Waals surface area (Å²) < 4.78 is 7.05. The van der Waals surface area contributed by atoms with E-state index >= 15 is 0 Å². The molecule has 1 rings (SSSR count). The first kappa shape index (κ1) is 14.3. The Morgan fingerprint density at radius 2 is 2.28 bits per heavy atom. The van der Waals surface area contributed by atoms with Gasteiger partial charge in [0.1, 0.15) is 11.4 Å². The summed E-state index contributed by atoms with van der Waals surface area (Å²) in [5.41, 5.74) is -0.452. The van der Waals surface area contributed by atoms with E-state index in [-0.39, 0.29) is 6.09 Å². The van der Waals surface area contributed by atoms with Gasteiger partial charge in [-0.25, -0.2) is 9.78 Å². The molecule has 1 heterocycles. The number of carbonyl (C=O) groups excluding carboxylic acids is 1. The first-order valence-electron chi connectivity index (χ1n) is 5.99. The van der Waals surface area contributed by atoms with Crippen molar-refractivity contribution in [2.75, 3.05) is 6.54 Å². The normalized spacial score (nSPS) is 11.8. The molecule has 1 N–H and O–H groups in total. The molecule has 0 aliphatic heterocycles. The molecule has 0 fully saturated rings. The molecule has 0 spiro atoms. The summed E-state index contributed by atoms with van der Waals surface area (Å²) in [7, 11) is 1.94. The molecule has 0 atom stereocenters. The zero-order chi connectivity index (χ0) is 13.6. The summed E-state index contributed by atoms with van der Waals surface area (Å²) in [5.74, 6) is 0.896. The van der Waals surface area contributed by atoms with Crippen LogP contribution in [0.15, 0.2) is 18.5 Å². The average Bonchev–Trinajstić information content (AvgIpc) is 2.61. The fourth-order valence-electron chi connectivity index (χ4n) is 1.30. The minimum absolute atomic E-state index is 0.382. The van der Waals surface area contributed by atoms with Gasteiger partial charge in [0.15, 0.2) is 0 Å². The second-order valence-electron chi connectivity index (χ2n) is 5.02. The molecule has 0 aliphatic carbocycles. The third-order valence-electron chi connectivity index (χ3n) is 2.10. The van der Waals surface area contributed by atoms with Crippen molar-refractivity contribution in [2.45, 2.75) is 32.8 Å². The predicted octanol–water partition coefficient (Wildman–Crippen LogP) is 2.35. The number of hydrogen-bond acceptors (Lipinski definition) is 3. The van der Waals surface area contributed by atoms with Crippen molar-refractivity contribution in [1.82, 2.24) is 14.9 Å². The van der Waals surface area contributed by atoms with Gasteiger partial charge in [-0.15, -0.1) is 0 Å². The zero-order valence-electron chi connectivity index (χ0n) is 11.4. The second-order valence-corrected chi connectivity index (χ2v) is 5.02. The van der Waals surface area contributed by atoms with Gasteiger partial charge < -0.3 is 14.6 Å². The number of nitrogens with one attached hydrogen (secondary N) is 1. The van der Waals surface area contributed by atoms with Crippen LogP contribution in [0, 0.1) is 0 Å². The monoisotopic (exact) mass is 251 g/mol. The van der Waals surface area contributed by atoms with Gasteiger partial charge in [0, 0.05) is 26.0 Å². The van der Waals surface area contributed by atoms with Crippen LogP contribution in [-0.4, -0.2) is 27.8 Å². The quantitative estimate of drug-likeness (QED) is 0.836. The summed E-state index contributed by atoms with van der Waals surface area (Å²) in [6.45, 7) is 6.07. The van der Waals surface area contributed by atoms with Crippen LogP contribution in [-0.2, 0) is 11.8 Å². The lowest BCUT2D eigenvalue weighted by molar-refractivity contribution is 0.0529. The lowest BCUT2D eigenvalue weighted by Crippen LogP contribution is -2.32. The van der Waals surface area contributed by atoms with E-state index < -0.39 is 5.60 Å². The number of rotatable bonds is 4. The highest BCUT2D eigenvalue weighted by atomic mass is 16.6. The highest BCUT2D eigenvalue weighted by Gasteiger charge is 2.15. The summed E-state index contributed by atoms with van der Waals surface area (Å²) in [6, 6.07) is 0.